The van der Waals surface area contributed by atoms with Gasteiger partial charge in [-0.15, -0.1) is 0 Å². The maximum Gasteiger partial charge on any atom is 0.417 e. The number of nitrogens with one attached hydrogen (secondary N) is 1. The maximum absolute atomic E-state index is 13.9. The predicted octanol–water partition coefficient (Wildman–Crippen LogP) is 4.05. The first-order valence-electron chi connectivity index (χ1n) is 6.07. The van der Waals surface area contributed by atoms with Crippen LogP contribution in [0.25, 0.3) is 11.1 Å². The zero-order valence-electron chi connectivity index (χ0n) is 10.6. The van der Waals surface area contributed by atoms with Gasteiger partial charge < -0.3 is 4.42 Å². The molecule has 0 spiro atoms. The summed E-state index contributed by atoms with van der Waals surface area (Å²) >= 11 is 3.50. The quantitative estimate of drug-likeness (QED) is 0.718. The Morgan fingerprint density at radius 3 is 2.85 bits per heavy atom. The molecule has 3 rings (SSSR count). The molecule has 1 aromatic heterocycles. The van der Waals surface area contributed by atoms with E-state index in [4.69, 9.17) is 4.42 Å². The number of aromatic amines is 1. The average molecular weight is 336 g/mol. The molecule has 20 heavy (non-hydrogen) atoms. The number of H-pyrrole nitrogens is 1. The number of aryl methyl sites for hydroxylation is 1. The van der Waals surface area contributed by atoms with Crippen LogP contribution in [-0.2, 0) is 0 Å². The molecular formula is C15H11BrFNO2. The van der Waals surface area contributed by atoms with Gasteiger partial charge in [-0.2, -0.15) is 0 Å². The van der Waals surface area contributed by atoms with Crippen molar-refractivity contribution in [3.05, 3.63) is 69.5 Å². The van der Waals surface area contributed by atoms with E-state index < -0.39 is 5.76 Å². The predicted molar refractivity (Wildman–Crippen MR) is 78.7 cm³/mol. The molecule has 1 atom stereocenters. The van der Waals surface area contributed by atoms with E-state index in [-0.39, 0.29) is 10.6 Å². The Hall–Kier alpha value is -1.88. The van der Waals surface area contributed by atoms with Gasteiger partial charge in [0, 0.05) is 5.56 Å². The normalized spacial score (nSPS) is 12.8. The van der Waals surface area contributed by atoms with Crippen LogP contribution >= 0.6 is 15.9 Å². The second-order valence-electron chi connectivity index (χ2n) is 4.66. The summed E-state index contributed by atoms with van der Waals surface area (Å²) in [5.41, 5.74) is 3.46. The van der Waals surface area contributed by atoms with Gasteiger partial charge in [-0.25, -0.2) is 9.18 Å². The fraction of sp³-hybridized carbons (Fsp3) is 0.133. The number of halogens is 2. The number of benzene rings is 2. The second kappa shape index (κ2) is 4.90. The molecule has 0 bridgehead atoms. The van der Waals surface area contributed by atoms with Gasteiger partial charge in [-0.1, -0.05) is 39.7 Å². The Bertz CT molecular complexity index is 837. The SMILES string of the molecule is Cc1ccc(F)c(C(Br)c2ccc3[nH]c(=O)oc3c2)c1. The summed E-state index contributed by atoms with van der Waals surface area (Å²) in [6, 6.07) is 10.3. The number of rotatable bonds is 2. The summed E-state index contributed by atoms with van der Waals surface area (Å²) in [7, 11) is 0. The molecule has 1 heterocycles. The number of fused-ring (bicyclic) bond motifs is 1. The van der Waals surface area contributed by atoms with Crippen LogP contribution in [0.4, 0.5) is 4.39 Å². The van der Waals surface area contributed by atoms with Crippen molar-refractivity contribution in [3.8, 4) is 0 Å². The highest BCUT2D eigenvalue weighted by Gasteiger charge is 2.16. The van der Waals surface area contributed by atoms with E-state index in [1.54, 1.807) is 24.3 Å². The molecule has 1 unspecified atom stereocenters. The molecule has 0 radical (unpaired) electrons. The van der Waals surface area contributed by atoms with E-state index in [1.807, 2.05) is 13.0 Å². The fourth-order valence-corrected chi connectivity index (χ4v) is 2.79. The lowest BCUT2D eigenvalue weighted by molar-refractivity contribution is 0.555. The van der Waals surface area contributed by atoms with Crippen molar-refractivity contribution in [3.63, 3.8) is 0 Å². The smallest absolute Gasteiger partial charge is 0.408 e. The number of hydrogen-bond acceptors (Lipinski definition) is 2. The van der Waals surface area contributed by atoms with Crippen molar-refractivity contribution in [1.82, 2.24) is 4.98 Å². The van der Waals surface area contributed by atoms with Crippen LogP contribution in [0, 0.1) is 12.7 Å². The summed E-state index contributed by atoms with van der Waals surface area (Å²) in [5, 5.41) is 0. The summed E-state index contributed by atoms with van der Waals surface area (Å²) in [6.07, 6.45) is 0. The zero-order chi connectivity index (χ0) is 14.3. The largest absolute Gasteiger partial charge is 0.417 e. The minimum absolute atomic E-state index is 0.270. The van der Waals surface area contributed by atoms with Gasteiger partial charge in [0.2, 0.25) is 0 Å². The van der Waals surface area contributed by atoms with Gasteiger partial charge in [0.1, 0.15) is 5.82 Å². The van der Waals surface area contributed by atoms with Crippen molar-refractivity contribution in [2.45, 2.75) is 11.8 Å². The summed E-state index contributed by atoms with van der Waals surface area (Å²) in [5.74, 6) is -0.766. The topological polar surface area (TPSA) is 46.0 Å². The van der Waals surface area contributed by atoms with Crippen LogP contribution in [0.15, 0.2) is 45.6 Å². The molecule has 5 heteroatoms. The van der Waals surface area contributed by atoms with E-state index in [0.717, 1.165) is 11.1 Å². The molecule has 0 aliphatic heterocycles. The molecule has 0 fully saturated rings. The second-order valence-corrected chi connectivity index (χ2v) is 5.57. The molecule has 3 aromatic rings. The van der Waals surface area contributed by atoms with Crippen LogP contribution in [0.1, 0.15) is 21.5 Å². The van der Waals surface area contributed by atoms with E-state index in [0.29, 0.717) is 16.7 Å². The van der Waals surface area contributed by atoms with Crippen molar-refractivity contribution >= 4 is 27.0 Å². The molecular weight excluding hydrogens is 325 g/mol. The number of aromatic nitrogens is 1. The Balaban J connectivity index is 2.09. The third-order valence-electron chi connectivity index (χ3n) is 3.16. The number of oxazole rings is 1. The Morgan fingerprint density at radius 2 is 2.05 bits per heavy atom. The lowest BCUT2D eigenvalue weighted by Crippen LogP contribution is -1.97. The average Bonchev–Trinajstić information content (AvgIpc) is 2.79. The Labute approximate surface area is 122 Å². The highest BCUT2D eigenvalue weighted by Crippen LogP contribution is 2.34. The van der Waals surface area contributed by atoms with Crippen molar-refractivity contribution < 1.29 is 8.81 Å². The van der Waals surface area contributed by atoms with Crippen LogP contribution in [0.2, 0.25) is 0 Å². The molecule has 0 saturated heterocycles. The van der Waals surface area contributed by atoms with Gasteiger partial charge >= 0.3 is 5.76 Å². The molecule has 0 aliphatic rings. The molecule has 0 amide bonds. The Morgan fingerprint density at radius 1 is 1.25 bits per heavy atom. The molecule has 0 saturated carbocycles. The van der Waals surface area contributed by atoms with Crippen LogP contribution in [0.5, 0.6) is 0 Å². The van der Waals surface area contributed by atoms with E-state index in [9.17, 15) is 9.18 Å². The molecule has 1 N–H and O–H groups in total. The third-order valence-corrected chi connectivity index (χ3v) is 4.18. The van der Waals surface area contributed by atoms with Crippen molar-refractivity contribution in [1.29, 1.82) is 0 Å². The first-order valence-corrected chi connectivity index (χ1v) is 6.99. The van der Waals surface area contributed by atoms with Crippen molar-refractivity contribution in [2.24, 2.45) is 0 Å². The van der Waals surface area contributed by atoms with E-state index >= 15 is 0 Å². The van der Waals surface area contributed by atoms with Crippen LogP contribution < -0.4 is 5.76 Å². The molecule has 0 aliphatic carbocycles. The highest BCUT2D eigenvalue weighted by atomic mass is 79.9. The monoisotopic (exact) mass is 335 g/mol. The van der Waals surface area contributed by atoms with Gasteiger partial charge in [0.05, 0.1) is 10.3 Å². The molecule has 2 aromatic carbocycles. The minimum atomic E-state index is -0.495. The standard InChI is InChI=1S/C15H11BrFNO2/c1-8-2-4-11(17)10(6-8)14(16)9-3-5-12-13(7-9)20-15(19)18-12/h2-7,14H,1H3,(H,18,19). The van der Waals surface area contributed by atoms with Crippen LogP contribution in [-0.4, -0.2) is 4.98 Å². The highest BCUT2D eigenvalue weighted by molar-refractivity contribution is 9.09. The summed E-state index contributed by atoms with van der Waals surface area (Å²) in [6.45, 7) is 1.91. The van der Waals surface area contributed by atoms with Crippen molar-refractivity contribution in [2.75, 3.05) is 0 Å². The van der Waals surface area contributed by atoms with E-state index in [1.165, 1.54) is 6.07 Å². The lowest BCUT2D eigenvalue weighted by atomic mass is 10.0. The third kappa shape index (κ3) is 2.29. The lowest BCUT2D eigenvalue weighted by Gasteiger charge is -2.12. The molecule has 102 valence electrons. The zero-order valence-corrected chi connectivity index (χ0v) is 12.2. The molecule has 3 nitrogen and oxygen atoms in total. The summed E-state index contributed by atoms with van der Waals surface area (Å²) in [4.78, 5) is 13.4. The summed E-state index contributed by atoms with van der Waals surface area (Å²) < 4.78 is 18.9. The van der Waals surface area contributed by atoms with Gasteiger partial charge in [-0.05, 0) is 30.7 Å². The number of alkyl halides is 1. The fourth-order valence-electron chi connectivity index (χ4n) is 2.16. The number of hydrogen-bond donors (Lipinski definition) is 1. The maximum atomic E-state index is 13.9. The first-order chi connectivity index (χ1) is 9.54. The first kappa shape index (κ1) is 13.1. The van der Waals surface area contributed by atoms with E-state index in [2.05, 4.69) is 20.9 Å². The minimum Gasteiger partial charge on any atom is -0.408 e. The van der Waals surface area contributed by atoms with Crippen LogP contribution in [0.3, 0.4) is 0 Å². The van der Waals surface area contributed by atoms with Gasteiger partial charge in [0.25, 0.3) is 0 Å². The van der Waals surface area contributed by atoms with Gasteiger partial charge in [-0.3, -0.25) is 4.98 Å². The van der Waals surface area contributed by atoms with Gasteiger partial charge in [0.15, 0.2) is 5.58 Å². The Kier molecular flexibility index (Phi) is 3.22.